The van der Waals surface area contributed by atoms with Gasteiger partial charge in [0.1, 0.15) is 11.6 Å². The quantitative estimate of drug-likeness (QED) is 0.291. The van der Waals surface area contributed by atoms with E-state index < -0.39 is 0 Å². The Balaban J connectivity index is 1.49. The fourth-order valence-corrected chi connectivity index (χ4v) is 4.07. The Kier molecular flexibility index (Phi) is 7.52. The monoisotopic (exact) mass is 455 g/mol. The molecule has 3 rings (SSSR count). The molecule has 8 heteroatoms. The zero-order valence-electron chi connectivity index (χ0n) is 15.6. The Morgan fingerprint density at radius 1 is 1.04 bits per heavy atom. The summed E-state index contributed by atoms with van der Waals surface area (Å²) >= 11 is 19.6. The van der Waals surface area contributed by atoms with Crippen LogP contribution in [0.15, 0.2) is 41.6 Å². The summed E-state index contributed by atoms with van der Waals surface area (Å²) in [6.07, 6.45) is 1.65. The van der Waals surface area contributed by atoms with Gasteiger partial charge in [-0.3, -0.25) is 0 Å². The van der Waals surface area contributed by atoms with Crippen LogP contribution in [0.1, 0.15) is 23.4 Å². The largest absolute Gasteiger partial charge is 0.493 e. The fraction of sp³-hybridized carbons (Fsp3) is 0.300. The van der Waals surface area contributed by atoms with Crippen LogP contribution in [0.2, 0.25) is 15.1 Å². The third kappa shape index (κ3) is 5.57. The van der Waals surface area contributed by atoms with Gasteiger partial charge in [-0.15, -0.1) is 10.2 Å². The summed E-state index contributed by atoms with van der Waals surface area (Å²) in [7, 11) is 1.98. The van der Waals surface area contributed by atoms with Crippen LogP contribution in [-0.2, 0) is 19.2 Å². The normalized spacial score (nSPS) is 11.0. The number of thioether (sulfide) groups is 1. The second-order valence-corrected chi connectivity index (χ2v) is 8.55. The molecule has 0 bridgehead atoms. The van der Waals surface area contributed by atoms with Crippen LogP contribution < -0.4 is 4.74 Å². The molecule has 0 saturated heterocycles. The molecule has 0 saturated carbocycles. The Labute approximate surface area is 184 Å². The first-order valence-electron chi connectivity index (χ1n) is 8.78. The summed E-state index contributed by atoms with van der Waals surface area (Å²) in [5, 5.41) is 11.3. The van der Waals surface area contributed by atoms with Crippen molar-refractivity contribution in [1.29, 1.82) is 0 Å². The third-order valence-electron chi connectivity index (χ3n) is 4.22. The number of aromatic nitrogens is 3. The van der Waals surface area contributed by atoms with E-state index in [2.05, 4.69) is 10.2 Å². The highest BCUT2D eigenvalue weighted by Gasteiger charge is 2.10. The lowest BCUT2D eigenvalue weighted by molar-refractivity contribution is 0.307. The highest BCUT2D eigenvalue weighted by Crippen LogP contribution is 2.27. The van der Waals surface area contributed by atoms with E-state index in [0.717, 1.165) is 51.5 Å². The number of nitrogens with zero attached hydrogens (tertiary/aromatic N) is 3. The second kappa shape index (κ2) is 9.88. The zero-order chi connectivity index (χ0) is 20.1. The zero-order valence-corrected chi connectivity index (χ0v) is 18.7. The van der Waals surface area contributed by atoms with Gasteiger partial charge in [-0.25, -0.2) is 0 Å². The molecular formula is C20H20Cl3N3OS. The van der Waals surface area contributed by atoms with Crippen molar-refractivity contribution in [3.05, 3.63) is 68.4 Å². The summed E-state index contributed by atoms with van der Waals surface area (Å²) in [5.74, 6) is 2.55. The van der Waals surface area contributed by atoms with E-state index >= 15 is 0 Å². The predicted octanol–water partition coefficient (Wildman–Crippen LogP) is 6.39. The van der Waals surface area contributed by atoms with Crippen molar-refractivity contribution in [2.75, 3.05) is 6.61 Å². The van der Waals surface area contributed by atoms with Gasteiger partial charge >= 0.3 is 0 Å². The first kappa shape index (κ1) is 21.3. The molecule has 0 spiro atoms. The maximum Gasteiger partial charge on any atom is 0.191 e. The topological polar surface area (TPSA) is 39.9 Å². The summed E-state index contributed by atoms with van der Waals surface area (Å²) in [5.41, 5.74) is 2.13. The van der Waals surface area contributed by atoms with Gasteiger partial charge in [0, 0.05) is 24.2 Å². The Hall–Kier alpha value is -1.40. The minimum absolute atomic E-state index is 0.562. The third-order valence-corrected chi connectivity index (χ3v) is 6.28. The van der Waals surface area contributed by atoms with Gasteiger partial charge in [0.25, 0.3) is 0 Å². The SMILES string of the molecule is Cc1cc(Cl)ccc1OCCCc1nnc(SCc2ccc(Cl)c(Cl)c2)n1C. The molecule has 3 aromatic rings. The van der Waals surface area contributed by atoms with E-state index in [9.17, 15) is 0 Å². The lowest BCUT2D eigenvalue weighted by atomic mass is 10.2. The Bertz CT molecular complexity index is 962. The average molecular weight is 457 g/mol. The highest BCUT2D eigenvalue weighted by molar-refractivity contribution is 7.98. The smallest absolute Gasteiger partial charge is 0.191 e. The van der Waals surface area contributed by atoms with Crippen LogP contribution in [0, 0.1) is 6.92 Å². The number of hydrogen-bond donors (Lipinski definition) is 0. The lowest BCUT2D eigenvalue weighted by Gasteiger charge is -2.09. The predicted molar refractivity (Wildman–Crippen MR) is 117 cm³/mol. The standard InChI is InChI=1S/C20H20Cl3N3OS/c1-13-10-15(21)6-8-18(13)27-9-3-4-19-24-25-20(26(19)2)28-12-14-5-7-16(22)17(23)11-14/h5-8,10-11H,3-4,9,12H2,1-2H3. The van der Waals surface area contributed by atoms with Crippen LogP contribution >= 0.6 is 46.6 Å². The molecule has 1 aromatic heterocycles. The van der Waals surface area contributed by atoms with Crippen molar-refractivity contribution in [1.82, 2.24) is 14.8 Å². The van der Waals surface area contributed by atoms with Crippen LogP contribution in [0.5, 0.6) is 5.75 Å². The van der Waals surface area contributed by atoms with E-state index in [1.807, 2.05) is 54.9 Å². The highest BCUT2D eigenvalue weighted by atomic mass is 35.5. The molecule has 1 heterocycles. The molecule has 0 aliphatic carbocycles. The molecule has 0 aliphatic heterocycles. The molecule has 28 heavy (non-hydrogen) atoms. The summed E-state index contributed by atoms with van der Waals surface area (Å²) in [4.78, 5) is 0. The average Bonchev–Trinajstić information content (AvgIpc) is 3.01. The van der Waals surface area contributed by atoms with Gasteiger partial charge < -0.3 is 9.30 Å². The van der Waals surface area contributed by atoms with Crippen LogP contribution in [0.4, 0.5) is 0 Å². The Morgan fingerprint density at radius 2 is 1.86 bits per heavy atom. The number of ether oxygens (including phenoxy) is 1. The van der Waals surface area contributed by atoms with Gasteiger partial charge in [0.15, 0.2) is 5.16 Å². The van der Waals surface area contributed by atoms with Crippen LogP contribution in [-0.4, -0.2) is 21.4 Å². The maximum atomic E-state index is 6.07. The summed E-state index contributed by atoms with van der Waals surface area (Å²) in [6, 6.07) is 11.3. The van der Waals surface area contributed by atoms with Crippen LogP contribution in [0.25, 0.3) is 0 Å². The molecule has 0 amide bonds. The van der Waals surface area contributed by atoms with E-state index in [1.165, 1.54) is 0 Å². The molecule has 2 aromatic carbocycles. The second-order valence-electron chi connectivity index (χ2n) is 6.36. The van der Waals surface area contributed by atoms with Crippen molar-refractivity contribution in [2.45, 2.75) is 30.7 Å². The van der Waals surface area contributed by atoms with Gasteiger partial charge in [0.2, 0.25) is 0 Å². The number of benzene rings is 2. The van der Waals surface area contributed by atoms with Crippen molar-refractivity contribution in [3.8, 4) is 5.75 Å². The number of hydrogen-bond acceptors (Lipinski definition) is 4. The van der Waals surface area contributed by atoms with Crippen molar-refractivity contribution in [3.63, 3.8) is 0 Å². The van der Waals surface area contributed by atoms with Crippen molar-refractivity contribution >= 4 is 46.6 Å². The van der Waals surface area contributed by atoms with Crippen molar-refractivity contribution < 1.29 is 4.74 Å². The summed E-state index contributed by atoms with van der Waals surface area (Å²) < 4.78 is 7.87. The molecule has 0 unspecified atom stereocenters. The lowest BCUT2D eigenvalue weighted by Crippen LogP contribution is -2.04. The molecular weight excluding hydrogens is 437 g/mol. The number of halogens is 3. The molecule has 148 valence electrons. The number of rotatable bonds is 8. The first-order valence-corrected chi connectivity index (χ1v) is 10.9. The minimum atomic E-state index is 0.562. The van der Waals surface area contributed by atoms with Gasteiger partial charge in [0.05, 0.1) is 16.7 Å². The summed E-state index contributed by atoms with van der Waals surface area (Å²) in [6.45, 7) is 2.60. The van der Waals surface area contributed by atoms with E-state index in [1.54, 1.807) is 11.8 Å². The fourth-order valence-electron chi connectivity index (χ4n) is 2.65. The molecule has 0 N–H and O–H groups in total. The molecule has 0 aliphatic rings. The molecule has 0 fully saturated rings. The van der Waals surface area contributed by atoms with E-state index in [-0.39, 0.29) is 0 Å². The van der Waals surface area contributed by atoms with Gasteiger partial charge in [-0.2, -0.15) is 0 Å². The molecule has 0 atom stereocenters. The maximum absolute atomic E-state index is 6.07. The van der Waals surface area contributed by atoms with Gasteiger partial charge in [-0.05, 0) is 54.8 Å². The first-order chi connectivity index (χ1) is 13.4. The minimum Gasteiger partial charge on any atom is -0.493 e. The van der Waals surface area contributed by atoms with E-state index in [4.69, 9.17) is 39.5 Å². The number of aryl methyl sites for hydroxylation is 2. The van der Waals surface area contributed by atoms with Crippen molar-refractivity contribution in [2.24, 2.45) is 7.05 Å². The Morgan fingerprint density at radius 3 is 2.61 bits per heavy atom. The molecule has 0 radical (unpaired) electrons. The van der Waals surface area contributed by atoms with E-state index in [0.29, 0.717) is 16.7 Å². The molecule has 4 nitrogen and oxygen atoms in total. The van der Waals surface area contributed by atoms with Crippen LogP contribution in [0.3, 0.4) is 0 Å². The van der Waals surface area contributed by atoms with Gasteiger partial charge in [-0.1, -0.05) is 52.6 Å².